The molecular formula is C20H15ClN2O4S. The van der Waals surface area contributed by atoms with Crippen molar-refractivity contribution in [2.45, 2.75) is 23.2 Å². The first-order valence-electron chi connectivity index (χ1n) is 8.51. The quantitative estimate of drug-likeness (QED) is 0.617. The number of carbonyl (C=O) groups is 2. The summed E-state index contributed by atoms with van der Waals surface area (Å²) in [4.78, 5) is 29.4. The number of fused-ring (bicyclic) bond motifs is 1. The van der Waals surface area contributed by atoms with Crippen LogP contribution in [0.1, 0.15) is 12.3 Å². The van der Waals surface area contributed by atoms with Crippen molar-refractivity contribution in [1.29, 1.82) is 0 Å². The maximum atomic E-state index is 12.2. The fourth-order valence-corrected chi connectivity index (χ4v) is 3.93. The molecule has 0 saturated heterocycles. The van der Waals surface area contributed by atoms with E-state index >= 15 is 0 Å². The van der Waals surface area contributed by atoms with Gasteiger partial charge in [0.15, 0.2) is 12.4 Å². The number of para-hydroxylation sites is 1. The third-order valence-corrected chi connectivity index (χ3v) is 5.62. The second-order valence-electron chi connectivity index (χ2n) is 6.08. The summed E-state index contributed by atoms with van der Waals surface area (Å²) in [6, 6.07) is 14.6. The van der Waals surface area contributed by atoms with Crippen LogP contribution in [0.15, 0.2) is 64.0 Å². The number of nitrogens with one attached hydrogen (secondary N) is 1. The SMILES string of the molecule is O=C(C[C@@H]1Sc2ccccc2NC1=O)OCc1ncc(-c2ccc(Cl)cc2)o1. The highest BCUT2D eigenvalue weighted by Gasteiger charge is 2.29. The van der Waals surface area contributed by atoms with Gasteiger partial charge in [0.05, 0.1) is 23.6 Å². The van der Waals surface area contributed by atoms with Gasteiger partial charge in [0.1, 0.15) is 0 Å². The predicted octanol–water partition coefficient (Wildman–Crippen LogP) is 4.54. The zero-order valence-corrected chi connectivity index (χ0v) is 16.1. The van der Waals surface area contributed by atoms with Crippen LogP contribution in [0.25, 0.3) is 11.3 Å². The number of hydrogen-bond acceptors (Lipinski definition) is 6. The molecule has 0 unspecified atom stereocenters. The fourth-order valence-electron chi connectivity index (χ4n) is 2.70. The van der Waals surface area contributed by atoms with E-state index in [-0.39, 0.29) is 24.8 Å². The Hall–Kier alpha value is -2.77. The fraction of sp³-hybridized carbons (Fsp3) is 0.150. The number of ether oxygens (including phenoxy) is 1. The normalized spacial score (nSPS) is 15.6. The summed E-state index contributed by atoms with van der Waals surface area (Å²) in [6.07, 6.45) is 1.53. The Labute approximate surface area is 170 Å². The van der Waals surface area contributed by atoms with Crippen molar-refractivity contribution in [2.24, 2.45) is 0 Å². The lowest BCUT2D eigenvalue weighted by molar-refractivity contribution is -0.146. The van der Waals surface area contributed by atoms with Crippen LogP contribution in [-0.2, 0) is 20.9 Å². The molecule has 28 heavy (non-hydrogen) atoms. The van der Waals surface area contributed by atoms with E-state index in [4.69, 9.17) is 20.8 Å². The summed E-state index contributed by atoms with van der Waals surface area (Å²) in [5.41, 5.74) is 1.58. The van der Waals surface area contributed by atoms with Gasteiger partial charge in [0.2, 0.25) is 11.8 Å². The maximum absolute atomic E-state index is 12.2. The number of benzene rings is 2. The first-order chi connectivity index (χ1) is 13.6. The summed E-state index contributed by atoms with van der Waals surface area (Å²) < 4.78 is 10.8. The molecule has 1 aliphatic rings. The van der Waals surface area contributed by atoms with Crippen molar-refractivity contribution >= 4 is 40.9 Å². The number of nitrogens with zero attached hydrogens (tertiary/aromatic N) is 1. The monoisotopic (exact) mass is 414 g/mol. The molecule has 2 heterocycles. The van der Waals surface area contributed by atoms with Gasteiger partial charge in [-0.05, 0) is 36.4 Å². The summed E-state index contributed by atoms with van der Waals surface area (Å²) in [5.74, 6) is 0.144. The third-order valence-electron chi connectivity index (χ3n) is 4.10. The van der Waals surface area contributed by atoms with Crippen molar-refractivity contribution in [1.82, 2.24) is 4.98 Å². The second-order valence-corrected chi connectivity index (χ2v) is 7.76. The summed E-state index contributed by atoms with van der Waals surface area (Å²) in [6.45, 7) is -0.0952. The Morgan fingerprint density at radius 1 is 1.21 bits per heavy atom. The summed E-state index contributed by atoms with van der Waals surface area (Å²) in [5, 5.41) is 2.91. The average molecular weight is 415 g/mol. The molecule has 0 fully saturated rings. The zero-order chi connectivity index (χ0) is 19.5. The molecule has 0 aliphatic carbocycles. The largest absolute Gasteiger partial charge is 0.456 e. The predicted molar refractivity (Wildman–Crippen MR) is 106 cm³/mol. The molecule has 6 nitrogen and oxygen atoms in total. The Kier molecular flexibility index (Phi) is 5.36. The number of thioether (sulfide) groups is 1. The number of oxazole rings is 1. The number of halogens is 1. The number of hydrogen-bond donors (Lipinski definition) is 1. The van der Waals surface area contributed by atoms with Gasteiger partial charge in [-0.15, -0.1) is 11.8 Å². The molecule has 0 saturated carbocycles. The molecule has 1 amide bonds. The Bertz CT molecular complexity index is 1020. The first kappa shape index (κ1) is 18.6. The number of anilines is 1. The highest BCUT2D eigenvalue weighted by molar-refractivity contribution is 8.01. The van der Waals surface area contributed by atoms with Gasteiger partial charge in [-0.1, -0.05) is 23.7 Å². The molecule has 1 N–H and O–H groups in total. The van der Waals surface area contributed by atoms with Gasteiger partial charge < -0.3 is 14.5 Å². The number of carbonyl (C=O) groups excluding carboxylic acids is 2. The van der Waals surface area contributed by atoms with Crippen LogP contribution in [0.4, 0.5) is 5.69 Å². The Morgan fingerprint density at radius 2 is 2.00 bits per heavy atom. The molecule has 0 radical (unpaired) electrons. The molecule has 1 aliphatic heterocycles. The lowest BCUT2D eigenvalue weighted by Crippen LogP contribution is -2.31. The lowest BCUT2D eigenvalue weighted by atomic mass is 10.2. The zero-order valence-electron chi connectivity index (χ0n) is 14.6. The average Bonchev–Trinajstić information content (AvgIpc) is 3.16. The highest BCUT2D eigenvalue weighted by Crippen LogP contribution is 2.36. The Morgan fingerprint density at radius 3 is 2.82 bits per heavy atom. The Balaban J connectivity index is 1.33. The number of esters is 1. The minimum Gasteiger partial charge on any atom is -0.456 e. The van der Waals surface area contributed by atoms with Crippen molar-refractivity contribution in [3.8, 4) is 11.3 Å². The van der Waals surface area contributed by atoms with Crippen LogP contribution >= 0.6 is 23.4 Å². The molecule has 4 rings (SSSR count). The molecule has 2 aromatic carbocycles. The van der Waals surface area contributed by atoms with Crippen molar-refractivity contribution in [2.75, 3.05) is 5.32 Å². The number of aromatic nitrogens is 1. The van der Waals surface area contributed by atoms with E-state index in [0.717, 1.165) is 16.1 Å². The molecule has 142 valence electrons. The topological polar surface area (TPSA) is 81.4 Å². The van der Waals surface area contributed by atoms with E-state index in [1.807, 2.05) is 36.4 Å². The third kappa shape index (κ3) is 4.21. The molecule has 0 spiro atoms. The smallest absolute Gasteiger partial charge is 0.307 e. The first-order valence-corrected chi connectivity index (χ1v) is 9.77. The number of rotatable bonds is 5. The minimum atomic E-state index is -0.531. The molecule has 1 aromatic heterocycles. The summed E-state index contributed by atoms with van der Waals surface area (Å²) >= 11 is 7.23. The standard InChI is InChI=1S/C20H15ClN2O4S/c21-13-7-5-12(6-8-13)15-10-22-18(27-15)11-26-19(24)9-17-20(25)23-14-3-1-2-4-16(14)28-17/h1-8,10,17H,9,11H2,(H,23,25)/t17-/m0/s1. The van der Waals surface area contributed by atoms with Crippen LogP contribution in [0.2, 0.25) is 5.02 Å². The van der Waals surface area contributed by atoms with Gasteiger partial charge in [0.25, 0.3) is 0 Å². The lowest BCUT2D eigenvalue weighted by Gasteiger charge is -2.23. The van der Waals surface area contributed by atoms with Crippen LogP contribution in [0, 0.1) is 0 Å². The van der Waals surface area contributed by atoms with E-state index in [1.54, 1.807) is 18.3 Å². The van der Waals surface area contributed by atoms with E-state index in [0.29, 0.717) is 10.8 Å². The van der Waals surface area contributed by atoms with Gasteiger partial charge >= 0.3 is 5.97 Å². The molecule has 3 aromatic rings. The van der Waals surface area contributed by atoms with Crippen LogP contribution in [-0.4, -0.2) is 22.1 Å². The van der Waals surface area contributed by atoms with Crippen LogP contribution in [0.5, 0.6) is 0 Å². The van der Waals surface area contributed by atoms with E-state index in [1.165, 1.54) is 11.8 Å². The van der Waals surface area contributed by atoms with E-state index in [9.17, 15) is 9.59 Å². The highest BCUT2D eigenvalue weighted by atomic mass is 35.5. The van der Waals surface area contributed by atoms with Gasteiger partial charge in [0, 0.05) is 15.5 Å². The van der Waals surface area contributed by atoms with Gasteiger partial charge in [-0.25, -0.2) is 4.98 Å². The van der Waals surface area contributed by atoms with Gasteiger partial charge in [-0.3, -0.25) is 9.59 Å². The second kappa shape index (κ2) is 8.08. The molecular weight excluding hydrogens is 400 g/mol. The van der Waals surface area contributed by atoms with Crippen LogP contribution in [0.3, 0.4) is 0 Å². The van der Waals surface area contributed by atoms with Crippen molar-refractivity contribution in [3.63, 3.8) is 0 Å². The van der Waals surface area contributed by atoms with E-state index < -0.39 is 11.2 Å². The van der Waals surface area contributed by atoms with Crippen molar-refractivity contribution < 1.29 is 18.7 Å². The molecule has 1 atom stereocenters. The minimum absolute atomic E-state index is 0.0322. The maximum Gasteiger partial charge on any atom is 0.307 e. The molecule has 8 heteroatoms. The van der Waals surface area contributed by atoms with E-state index in [2.05, 4.69) is 10.3 Å². The van der Waals surface area contributed by atoms with Crippen molar-refractivity contribution in [3.05, 3.63) is 65.6 Å². The molecule has 0 bridgehead atoms. The number of amides is 1. The van der Waals surface area contributed by atoms with Crippen LogP contribution < -0.4 is 5.32 Å². The summed E-state index contributed by atoms with van der Waals surface area (Å²) in [7, 11) is 0. The van der Waals surface area contributed by atoms with Gasteiger partial charge in [-0.2, -0.15) is 0 Å².